The van der Waals surface area contributed by atoms with Crippen molar-refractivity contribution in [3.8, 4) is 0 Å². The Labute approximate surface area is 131 Å². The molecule has 0 aromatic carbocycles. The highest BCUT2D eigenvalue weighted by atomic mass is 16.5. The van der Waals surface area contributed by atoms with Crippen molar-refractivity contribution in [2.45, 2.75) is 95.9 Å². The average Bonchev–Trinajstić information content (AvgIpc) is 2.63. The van der Waals surface area contributed by atoms with Crippen LogP contribution in [0.15, 0.2) is 0 Å². The van der Waals surface area contributed by atoms with Gasteiger partial charge >= 0.3 is 0 Å². The molecule has 21 heavy (non-hydrogen) atoms. The summed E-state index contributed by atoms with van der Waals surface area (Å²) in [5.74, 6) is 0. The monoisotopic (exact) mass is 296 g/mol. The van der Waals surface area contributed by atoms with Crippen molar-refractivity contribution in [1.29, 1.82) is 0 Å². The Kier molecular flexibility index (Phi) is 5.72. The van der Waals surface area contributed by atoms with Gasteiger partial charge in [0.25, 0.3) is 0 Å². The second kappa shape index (κ2) is 6.97. The maximum absolute atomic E-state index is 6.15. The maximum Gasteiger partial charge on any atom is 0.0787 e. The fourth-order valence-electron chi connectivity index (χ4n) is 4.19. The largest absolute Gasteiger partial charge is 0.368 e. The zero-order valence-electron chi connectivity index (χ0n) is 14.9. The summed E-state index contributed by atoms with van der Waals surface area (Å²) < 4.78 is 6.15. The summed E-state index contributed by atoms with van der Waals surface area (Å²) in [4.78, 5) is 2.58. The van der Waals surface area contributed by atoms with Gasteiger partial charge in [0.1, 0.15) is 0 Å². The molecule has 2 fully saturated rings. The molecule has 1 unspecified atom stereocenters. The molecule has 0 aromatic heterocycles. The van der Waals surface area contributed by atoms with E-state index in [-0.39, 0.29) is 11.2 Å². The quantitative estimate of drug-likeness (QED) is 0.758. The second-order valence-electron chi connectivity index (χ2n) is 8.30. The zero-order valence-corrected chi connectivity index (χ0v) is 14.9. The van der Waals surface area contributed by atoms with E-state index in [1.165, 1.54) is 45.1 Å². The minimum atomic E-state index is -0.0429. The van der Waals surface area contributed by atoms with Gasteiger partial charge in [0.2, 0.25) is 0 Å². The van der Waals surface area contributed by atoms with E-state index >= 15 is 0 Å². The third kappa shape index (κ3) is 4.94. The number of nitrogens with one attached hydrogen (secondary N) is 1. The first-order valence-corrected chi connectivity index (χ1v) is 8.94. The molecule has 0 bridgehead atoms. The van der Waals surface area contributed by atoms with E-state index in [0.717, 1.165) is 19.0 Å². The van der Waals surface area contributed by atoms with Crippen LogP contribution >= 0.6 is 0 Å². The van der Waals surface area contributed by atoms with Crippen molar-refractivity contribution in [1.82, 2.24) is 10.2 Å². The van der Waals surface area contributed by atoms with Crippen LogP contribution < -0.4 is 5.32 Å². The molecule has 0 spiro atoms. The lowest BCUT2D eigenvalue weighted by atomic mass is 9.94. The zero-order chi connectivity index (χ0) is 15.5. The van der Waals surface area contributed by atoms with Gasteiger partial charge in [-0.05, 0) is 73.5 Å². The van der Waals surface area contributed by atoms with Crippen molar-refractivity contribution in [3.05, 3.63) is 0 Å². The molecule has 1 saturated heterocycles. The number of ether oxygens (including phenoxy) is 1. The first-order valence-electron chi connectivity index (χ1n) is 8.94. The fourth-order valence-corrected chi connectivity index (χ4v) is 4.19. The van der Waals surface area contributed by atoms with Gasteiger partial charge in [-0.2, -0.15) is 0 Å². The predicted molar refractivity (Wildman–Crippen MR) is 89.8 cm³/mol. The number of rotatable bonds is 6. The fraction of sp³-hybridized carbons (Fsp3) is 1.00. The Morgan fingerprint density at radius 2 is 1.76 bits per heavy atom. The van der Waals surface area contributed by atoms with E-state index in [0.29, 0.717) is 6.04 Å². The second-order valence-corrected chi connectivity index (χ2v) is 8.30. The number of hydrogen-bond acceptors (Lipinski definition) is 3. The van der Waals surface area contributed by atoms with Gasteiger partial charge < -0.3 is 15.0 Å². The van der Waals surface area contributed by atoms with E-state index in [1.54, 1.807) is 0 Å². The molecule has 124 valence electrons. The first-order chi connectivity index (χ1) is 9.80. The Bertz CT molecular complexity index is 321. The van der Waals surface area contributed by atoms with Gasteiger partial charge in [-0.15, -0.1) is 0 Å². The normalized spacial score (nSPS) is 29.1. The third-order valence-electron chi connectivity index (χ3n) is 5.35. The van der Waals surface area contributed by atoms with Crippen molar-refractivity contribution in [3.63, 3.8) is 0 Å². The molecule has 1 N–H and O–H groups in total. The lowest BCUT2D eigenvalue weighted by Crippen LogP contribution is -2.44. The predicted octanol–water partition coefficient (Wildman–Crippen LogP) is 3.58. The van der Waals surface area contributed by atoms with E-state index in [1.807, 2.05) is 0 Å². The van der Waals surface area contributed by atoms with Crippen LogP contribution in [-0.4, -0.2) is 48.3 Å². The average molecular weight is 296 g/mol. The minimum absolute atomic E-state index is 0.0139. The summed E-state index contributed by atoms with van der Waals surface area (Å²) in [6, 6.07) is 1.32. The number of nitrogens with zero attached hydrogens (tertiary/aromatic N) is 1. The highest BCUT2D eigenvalue weighted by Gasteiger charge is 2.45. The van der Waals surface area contributed by atoms with E-state index in [2.05, 4.69) is 45.0 Å². The Morgan fingerprint density at radius 1 is 1.10 bits per heavy atom. The molecule has 2 rings (SSSR count). The highest BCUT2D eigenvalue weighted by molar-refractivity contribution is 4.98. The van der Waals surface area contributed by atoms with E-state index in [4.69, 9.17) is 4.74 Å². The van der Waals surface area contributed by atoms with E-state index in [9.17, 15) is 0 Å². The first kappa shape index (κ1) is 17.2. The van der Waals surface area contributed by atoms with Gasteiger partial charge in [-0.25, -0.2) is 0 Å². The van der Waals surface area contributed by atoms with Crippen LogP contribution in [0.4, 0.5) is 0 Å². The molecule has 0 radical (unpaired) electrons. The van der Waals surface area contributed by atoms with Gasteiger partial charge in [0.15, 0.2) is 0 Å². The topological polar surface area (TPSA) is 24.5 Å². The SMILES string of the molecule is CN(CCCNC1CC(C)(C)OC1(C)C)C1CCCCC1. The Balaban J connectivity index is 1.65. The molecule has 1 saturated carbocycles. The standard InChI is InChI=1S/C18H36N2O/c1-17(2)14-16(18(3,4)21-17)19-12-9-13-20(5)15-10-7-6-8-11-15/h15-16,19H,6-14H2,1-5H3. The summed E-state index contributed by atoms with van der Waals surface area (Å²) in [6.45, 7) is 11.2. The Morgan fingerprint density at radius 3 is 2.33 bits per heavy atom. The van der Waals surface area contributed by atoms with Crippen molar-refractivity contribution >= 4 is 0 Å². The van der Waals surface area contributed by atoms with Crippen LogP contribution in [0.5, 0.6) is 0 Å². The lowest BCUT2D eigenvalue weighted by Gasteiger charge is -2.31. The van der Waals surface area contributed by atoms with Gasteiger partial charge in [-0.1, -0.05) is 19.3 Å². The molecule has 2 aliphatic rings. The molecule has 1 aliphatic carbocycles. The van der Waals surface area contributed by atoms with Crippen LogP contribution in [0.2, 0.25) is 0 Å². The summed E-state index contributed by atoms with van der Waals surface area (Å²) in [5, 5.41) is 3.73. The van der Waals surface area contributed by atoms with Gasteiger partial charge in [0.05, 0.1) is 11.2 Å². The van der Waals surface area contributed by atoms with Crippen LogP contribution in [0.3, 0.4) is 0 Å². The molecular weight excluding hydrogens is 260 g/mol. The van der Waals surface area contributed by atoms with Crippen molar-refractivity contribution in [2.75, 3.05) is 20.1 Å². The summed E-state index contributed by atoms with van der Waals surface area (Å²) >= 11 is 0. The number of hydrogen-bond donors (Lipinski definition) is 1. The molecule has 1 atom stereocenters. The van der Waals surface area contributed by atoms with Crippen molar-refractivity contribution < 1.29 is 4.74 Å². The lowest BCUT2D eigenvalue weighted by molar-refractivity contribution is -0.0698. The highest BCUT2D eigenvalue weighted by Crippen LogP contribution is 2.37. The van der Waals surface area contributed by atoms with Crippen LogP contribution in [-0.2, 0) is 4.74 Å². The summed E-state index contributed by atoms with van der Waals surface area (Å²) in [5.41, 5.74) is -0.0289. The summed E-state index contributed by atoms with van der Waals surface area (Å²) in [6.07, 6.45) is 9.45. The van der Waals surface area contributed by atoms with Gasteiger partial charge in [-0.3, -0.25) is 0 Å². The molecule has 3 nitrogen and oxygen atoms in total. The van der Waals surface area contributed by atoms with Gasteiger partial charge in [0, 0.05) is 12.1 Å². The van der Waals surface area contributed by atoms with Crippen LogP contribution in [0.25, 0.3) is 0 Å². The maximum atomic E-state index is 6.15. The van der Waals surface area contributed by atoms with Crippen molar-refractivity contribution in [2.24, 2.45) is 0 Å². The Hall–Kier alpha value is -0.120. The molecule has 0 aromatic rings. The van der Waals surface area contributed by atoms with Crippen LogP contribution in [0.1, 0.15) is 72.6 Å². The van der Waals surface area contributed by atoms with E-state index < -0.39 is 0 Å². The molecular formula is C18H36N2O. The summed E-state index contributed by atoms with van der Waals surface area (Å²) in [7, 11) is 2.31. The minimum Gasteiger partial charge on any atom is -0.368 e. The molecule has 0 amide bonds. The molecule has 3 heteroatoms. The molecule has 1 heterocycles. The smallest absolute Gasteiger partial charge is 0.0787 e. The molecule has 1 aliphatic heterocycles. The third-order valence-corrected chi connectivity index (χ3v) is 5.35. The van der Waals surface area contributed by atoms with Crippen LogP contribution in [0, 0.1) is 0 Å².